The van der Waals surface area contributed by atoms with Crippen LogP contribution in [0.2, 0.25) is 0 Å². The van der Waals surface area contributed by atoms with Crippen molar-refractivity contribution in [1.82, 2.24) is 9.47 Å². The van der Waals surface area contributed by atoms with Crippen LogP contribution in [0.5, 0.6) is 11.5 Å². The number of ether oxygens (including phenoxy) is 2. The normalized spacial score (nSPS) is 14.6. The van der Waals surface area contributed by atoms with E-state index in [1.165, 1.54) is 22.8 Å². The van der Waals surface area contributed by atoms with Gasteiger partial charge in [-0.15, -0.1) is 0 Å². The standard InChI is InChI=1S/C24H23BrN2O6S/c1-34(30,31)22-8-4-18(5-9-22)27-15-12-21(16-23(27)28)32-20-10-13-26(14-11-20)24(29)33-19-6-2-17(25)3-7-19/h2-9,12,15-16,20H,10-11,13-14H2,1H3. The smallest absolute Gasteiger partial charge is 0.415 e. The number of carbonyl (C=O) groups is 1. The summed E-state index contributed by atoms with van der Waals surface area (Å²) >= 11 is 3.35. The number of sulfone groups is 1. The van der Waals surface area contributed by atoms with E-state index in [2.05, 4.69) is 15.9 Å². The fourth-order valence-corrected chi connectivity index (χ4v) is 4.51. The summed E-state index contributed by atoms with van der Waals surface area (Å²) in [6.45, 7) is 0.980. The van der Waals surface area contributed by atoms with Crippen molar-refractivity contribution in [1.29, 1.82) is 0 Å². The Hall–Kier alpha value is -3.11. The Morgan fingerprint density at radius 3 is 2.21 bits per heavy atom. The highest BCUT2D eigenvalue weighted by molar-refractivity contribution is 9.10. The summed E-state index contributed by atoms with van der Waals surface area (Å²) in [7, 11) is -3.30. The minimum atomic E-state index is -3.30. The second-order valence-corrected chi connectivity index (χ2v) is 10.9. The van der Waals surface area contributed by atoms with Gasteiger partial charge in [0.25, 0.3) is 5.56 Å². The predicted molar refractivity (Wildman–Crippen MR) is 131 cm³/mol. The number of aromatic nitrogens is 1. The van der Waals surface area contributed by atoms with Gasteiger partial charge in [0, 0.05) is 54.6 Å². The van der Waals surface area contributed by atoms with Crippen LogP contribution >= 0.6 is 15.9 Å². The molecule has 1 aliphatic heterocycles. The summed E-state index contributed by atoms with van der Waals surface area (Å²) in [6.07, 6.45) is 3.44. The zero-order chi connectivity index (χ0) is 24.3. The Morgan fingerprint density at radius 1 is 0.971 bits per heavy atom. The molecule has 0 atom stereocenters. The molecule has 4 rings (SSSR count). The molecular weight excluding hydrogens is 524 g/mol. The molecule has 2 aromatic carbocycles. The highest BCUT2D eigenvalue weighted by Crippen LogP contribution is 2.21. The second kappa shape index (κ2) is 10.0. The lowest BCUT2D eigenvalue weighted by molar-refractivity contribution is 0.0929. The van der Waals surface area contributed by atoms with E-state index in [0.29, 0.717) is 43.1 Å². The number of amides is 1. The van der Waals surface area contributed by atoms with Gasteiger partial charge in [0.15, 0.2) is 9.84 Å². The molecule has 0 radical (unpaired) electrons. The summed E-state index contributed by atoms with van der Waals surface area (Å²) in [6, 6.07) is 16.3. The van der Waals surface area contributed by atoms with Gasteiger partial charge in [-0.05, 0) is 54.6 Å². The molecule has 3 aromatic rings. The number of likely N-dealkylation sites (tertiary alicyclic amines) is 1. The molecule has 1 aromatic heterocycles. The topological polar surface area (TPSA) is 94.9 Å². The lowest BCUT2D eigenvalue weighted by atomic mass is 10.1. The minimum absolute atomic E-state index is 0.124. The van der Waals surface area contributed by atoms with Crippen LogP contribution in [0.4, 0.5) is 4.79 Å². The first-order valence-corrected chi connectivity index (χ1v) is 13.3. The van der Waals surface area contributed by atoms with E-state index in [4.69, 9.17) is 9.47 Å². The van der Waals surface area contributed by atoms with Crippen LogP contribution in [-0.4, -0.2) is 49.4 Å². The fourth-order valence-electron chi connectivity index (χ4n) is 3.62. The number of rotatable bonds is 5. The Kier molecular flexibility index (Phi) is 7.08. The van der Waals surface area contributed by atoms with E-state index in [9.17, 15) is 18.0 Å². The van der Waals surface area contributed by atoms with Gasteiger partial charge in [-0.1, -0.05) is 15.9 Å². The molecular formula is C24H23BrN2O6S. The summed E-state index contributed by atoms with van der Waals surface area (Å²) in [4.78, 5) is 26.8. The minimum Gasteiger partial charge on any atom is -0.490 e. The van der Waals surface area contributed by atoms with Crippen LogP contribution < -0.4 is 15.0 Å². The first-order chi connectivity index (χ1) is 16.2. The Morgan fingerprint density at radius 2 is 1.62 bits per heavy atom. The maximum Gasteiger partial charge on any atom is 0.415 e. The summed E-state index contributed by atoms with van der Waals surface area (Å²) in [5.41, 5.74) is 0.265. The van der Waals surface area contributed by atoms with E-state index in [0.717, 1.165) is 10.7 Å². The van der Waals surface area contributed by atoms with Crippen molar-refractivity contribution in [3.63, 3.8) is 0 Å². The largest absolute Gasteiger partial charge is 0.490 e. The molecule has 1 fully saturated rings. The molecule has 0 unspecified atom stereocenters. The maximum atomic E-state index is 12.6. The summed E-state index contributed by atoms with van der Waals surface area (Å²) < 4.78 is 36.9. The van der Waals surface area contributed by atoms with Crippen LogP contribution in [0.25, 0.3) is 5.69 Å². The number of carbonyl (C=O) groups excluding carboxylic acids is 1. The van der Waals surface area contributed by atoms with E-state index in [1.807, 2.05) is 0 Å². The highest BCUT2D eigenvalue weighted by Gasteiger charge is 2.25. The third-order valence-electron chi connectivity index (χ3n) is 5.46. The van der Waals surface area contributed by atoms with E-state index in [1.54, 1.807) is 53.6 Å². The van der Waals surface area contributed by atoms with Crippen molar-refractivity contribution < 1.29 is 22.7 Å². The van der Waals surface area contributed by atoms with Crippen molar-refractivity contribution in [2.75, 3.05) is 19.3 Å². The lowest BCUT2D eigenvalue weighted by Crippen LogP contribution is -2.43. The van der Waals surface area contributed by atoms with Gasteiger partial charge in [-0.25, -0.2) is 13.2 Å². The zero-order valence-electron chi connectivity index (χ0n) is 18.4. The maximum absolute atomic E-state index is 12.6. The Balaban J connectivity index is 1.33. The zero-order valence-corrected chi connectivity index (χ0v) is 20.8. The number of hydrogen-bond acceptors (Lipinski definition) is 6. The van der Waals surface area contributed by atoms with Crippen LogP contribution in [0.1, 0.15) is 12.8 Å². The van der Waals surface area contributed by atoms with Gasteiger partial charge in [-0.2, -0.15) is 0 Å². The van der Waals surface area contributed by atoms with Crippen molar-refractivity contribution in [3.05, 3.63) is 81.7 Å². The van der Waals surface area contributed by atoms with Crippen LogP contribution in [-0.2, 0) is 9.84 Å². The number of halogens is 1. The van der Waals surface area contributed by atoms with Gasteiger partial charge < -0.3 is 14.4 Å². The van der Waals surface area contributed by atoms with Crippen LogP contribution in [0.3, 0.4) is 0 Å². The number of nitrogens with zero attached hydrogens (tertiary/aromatic N) is 2. The van der Waals surface area contributed by atoms with Gasteiger partial charge in [-0.3, -0.25) is 9.36 Å². The highest BCUT2D eigenvalue weighted by atomic mass is 79.9. The van der Waals surface area contributed by atoms with Crippen LogP contribution in [0.15, 0.2) is 81.0 Å². The average molecular weight is 547 g/mol. The molecule has 8 nitrogen and oxygen atoms in total. The fraction of sp³-hybridized carbons (Fsp3) is 0.250. The number of pyridine rings is 1. The molecule has 34 heavy (non-hydrogen) atoms. The van der Waals surface area contributed by atoms with Gasteiger partial charge in [0.2, 0.25) is 0 Å². The quantitative estimate of drug-likeness (QED) is 0.479. The molecule has 178 valence electrons. The molecule has 0 N–H and O–H groups in total. The molecule has 0 saturated carbocycles. The second-order valence-electron chi connectivity index (χ2n) is 7.96. The molecule has 1 saturated heterocycles. The monoisotopic (exact) mass is 546 g/mol. The molecule has 0 aliphatic carbocycles. The van der Waals surface area contributed by atoms with Crippen molar-refractivity contribution in [2.45, 2.75) is 23.8 Å². The van der Waals surface area contributed by atoms with Gasteiger partial charge in [0.05, 0.1) is 4.90 Å². The van der Waals surface area contributed by atoms with Crippen molar-refractivity contribution in [3.8, 4) is 17.2 Å². The van der Waals surface area contributed by atoms with E-state index < -0.39 is 15.9 Å². The number of benzene rings is 2. The van der Waals surface area contributed by atoms with E-state index >= 15 is 0 Å². The Labute approximate surface area is 205 Å². The number of hydrogen-bond donors (Lipinski definition) is 0. The third kappa shape index (κ3) is 5.87. The molecule has 0 bridgehead atoms. The molecule has 10 heteroatoms. The summed E-state index contributed by atoms with van der Waals surface area (Å²) in [5.74, 6) is 0.933. The molecule has 1 amide bonds. The van der Waals surface area contributed by atoms with Crippen molar-refractivity contribution in [2.24, 2.45) is 0 Å². The van der Waals surface area contributed by atoms with Crippen molar-refractivity contribution >= 4 is 31.9 Å². The van der Waals surface area contributed by atoms with Gasteiger partial charge >= 0.3 is 6.09 Å². The molecule has 0 spiro atoms. The first kappa shape index (κ1) is 24.0. The lowest BCUT2D eigenvalue weighted by Gasteiger charge is -2.31. The first-order valence-electron chi connectivity index (χ1n) is 10.6. The predicted octanol–water partition coefficient (Wildman–Crippen LogP) is 4.05. The van der Waals surface area contributed by atoms with Gasteiger partial charge in [0.1, 0.15) is 17.6 Å². The summed E-state index contributed by atoms with van der Waals surface area (Å²) in [5, 5.41) is 0. The number of piperidine rings is 1. The Bertz CT molecular complexity index is 1330. The average Bonchev–Trinajstić information content (AvgIpc) is 2.81. The third-order valence-corrected chi connectivity index (χ3v) is 7.11. The van der Waals surface area contributed by atoms with Crippen LogP contribution in [0, 0.1) is 0 Å². The van der Waals surface area contributed by atoms with E-state index in [-0.39, 0.29) is 16.6 Å². The molecule has 2 heterocycles. The SMILES string of the molecule is CS(=O)(=O)c1ccc(-n2ccc(OC3CCN(C(=O)Oc4ccc(Br)cc4)CC3)cc2=O)cc1. The molecule has 1 aliphatic rings.